The van der Waals surface area contributed by atoms with Gasteiger partial charge in [0.1, 0.15) is 5.82 Å². The summed E-state index contributed by atoms with van der Waals surface area (Å²) in [5.41, 5.74) is 23.7. The first-order valence-electron chi connectivity index (χ1n) is 30.1. The summed E-state index contributed by atoms with van der Waals surface area (Å²) in [5.74, 6) is 2.28. The van der Waals surface area contributed by atoms with Crippen LogP contribution in [0.2, 0.25) is 0 Å². The maximum absolute atomic E-state index is 5.25. The monoisotopic (exact) mass is 1220 g/mol. The first-order chi connectivity index (χ1) is 44.6. The molecule has 15 aromatic rings. The lowest BCUT2D eigenvalue weighted by Gasteiger charge is -2.44. The van der Waals surface area contributed by atoms with Crippen molar-refractivity contribution in [2.45, 2.75) is 10.8 Å². The Kier molecular flexibility index (Phi) is 12.4. The van der Waals surface area contributed by atoms with Gasteiger partial charge in [-0.2, -0.15) is 0 Å². The highest BCUT2D eigenvalue weighted by molar-refractivity contribution is 7.21. The lowest BCUT2D eigenvalue weighted by atomic mass is 9.65. The Labute approximate surface area is 537 Å². The Morgan fingerprint density at radius 3 is 0.922 bits per heavy atom. The van der Waals surface area contributed by atoms with Gasteiger partial charge in [-0.25, -0.2) is 19.9 Å². The van der Waals surface area contributed by atoms with Gasteiger partial charge in [0.05, 0.1) is 50.7 Å². The standard InChI is InChI=1S/C43H27N3S2.C37H23N3S2/c1-3-11-28(12-4-1)36-27-37(45-42(44-36)30-13-5-2-6-14-30)29-19-21-31(22-20-29)46-38-17-9-7-15-32(38)43(33-16-8-10-18-39(33)46)34-23-25-47-40(34)41-35(43)24-26-48-41;1-3-11-24(12-4-1)30-23-33(39-36(38-30)25-13-5-2-6-14-25)40-31-17-9-7-15-26(31)37(27-16-8-10-18-32(27)40)28-19-21-41-34(28)35-29(37)20-22-42-35/h1-27H;1-23H. The molecule has 9 aromatic carbocycles. The van der Waals surface area contributed by atoms with Crippen LogP contribution in [0.3, 0.4) is 0 Å². The summed E-state index contributed by atoms with van der Waals surface area (Å²) in [6.45, 7) is 0. The van der Waals surface area contributed by atoms with Crippen LogP contribution in [0.1, 0.15) is 44.5 Å². The Morgan fingerprint density at radius 2 is 0.544 bits per heavy atom. The summed E-state index contributed by atoms with van der Waals surface area (Å²) in [6.07, 6.45) is 0. The molecule has 0 amide bonds. The molecular weight excluding hydrogens is 1170 g/mol. The van der Waals surface area contributed by atoms with Crippen LogP contribution in [0.25, 0.3) is 76.1 Å². The minimum absolute atomic E-state index is 0.336. The van der Waals surface area contributed by atoms with Crippen molar-refractivity contribution in [1.29, 1.82) is 0 Å². The third kappa shape index (κ3) is 7.92. The molecule has 2 spiro atoms. The number of thiophene rings is 4. The number of hydrogen-bond acceptors (Lipinski definition) is 10. The largest absolute Gasteiger partial charge is 0.310 e. The molecule has 0 unspecified atom stereocenters. The fourth-order valence-corrected chi connectivity index (χ4v) is 18.7. The number of anilines is 6. The molecule has 0 saturated carbocycles. The predicted octanol–water partition coefficient (Wildman–Crippen LogP) is 21.8. The number of para-hydroxylation sites is 4. The van der Waals surface area contributed by atoms with Crippen molar-refractivity contribution in [3.8, 4) is 76.1 Å². The van der Waals surface area contributed by atoms with Gasteiger partial charge in [0, 0.05) is 59.1 Å². The smallest absolute Gasteiger partial charge is 0.162 e. The van der Waals surface area contributed by atoms with E-state index in [4.69, 9.17) is 19.9 Å². The van der Waals surface area contributed by atoms with Gasteiger partial charge in [0.2, 0.25) is 0 Å². The molecule has 0 atom stereocenters. The van der Waals surface area contributed by atoms with Crippen LogP contribution in [-0.2, 0) is 10.8 Å². The SMILES string of the molecule is c1ccc(-c2cc(-c3ccc(N4c5ccccc5C5(c6ccccc64)c4ccsc4-c4sccc45)cc3)nc(-c3ccccc3)n2)cc1.c1ccc(-c2cc(N3c4ccccc4C4(c5ccccc53)c3ccsc3-c3sccc34)nc(-c3ccccc3)n2)cc1. The van der Waals surface area contributed by atoms with Crippen molar-refractivity contribution >= 4 is 79.6 Å². The summed E-state index contributed by atoms with van der Waals surface area (Å²) in [5, 5.41) is 9.00. The van der Waals surface area contributed by atoms with Gasteiger partial charge < -0.3 is 4.90 Å². The first-order valence-corrected chi connectivity index (χ1v) is 33.6. The van der Waals surface area contributed by atoms with Crippen LogP contribution in [0, 0.1) is 0 Å². The van der Waals surface area contributed by atoms with Crippen LogP contribution < -0.4 is 9.80 Å². The summed E-state index contributed by atoms with van der Waals surface area (Å²) >= 11 is 7.41. The molecule has 19 rings (SSSR count). The molecule has 0 bridgehead atoms. The number of nitrogens with zero attached hydrogens (tertiary/aromatic N) is 6. The Morgan fingerprint density at radius 1 is 0.244 bits per heavy atom. The lowest BCUT2D eigenvalue weighted by molar-refractivity contribution is 0.754. The summed E-state index contributed by atoms with van der Waals surface area (Å²) in [7, 11) is 0. The van der Waals surface area contributed by atoms with Crippen molar-refractivity contribution in [1.82, 2.24) is 19.9 Å². The second kappa shape index (κ2) is 21.1. The highest BCUT2D eigenvalue weighted by atomic mass is 32.1. The van der Waals surface area contributed by atoms with E-state index in [-0.39, 0.29) is 10.8 Å². The van der Waals surface area contributed by atoms with E-state index in [9.17, 15) is 0 Å². The van der Waals surface area contributed by atoms with E-state index < -0.39 is 0 Å². The topological polar surface area (TPSA) is 58.0 Å². The average molecular weight is 1220 g/mol. The van der Waals surface area contributed by atoms with Crippen molar-refractivity contribution in [3.63, 3.8) is 0 Å². The first kappa shape index (κ1) is 52.6. The molecule has 0 saturated heterocycles. The number of aromatic nitrogens is 4. The Hall–Kier alpha value is -10.5. The second-order valence-electron chi connectivity index (χ2n) is 22.8. The molecule has 10 heteroatoms. The van der Waals surface area contributed by atoms with Gasteiger partial charge in [-0.05, 0) is 133 Å². The molecule has 424 valence electrons. The van der Waals surface area contributed by atoms with Gasteiger partial charge in [0.25, 0.3) is 0 Å². The van der Waals surface area contributed by atoms with E-state index >= 15 is 0 Å². The summed E-state index contributed by atoms with van der Waals surface area (Å²) < 4.78 is 0. The molecule has 90 heavy (non-hydrogen) atoms. The zero-order chi connectivity index (χ0) is 59.3. The van der Waals surface area contributed by atoms with Gasteiger partial charge in [-0.1, -0.05) is 206 Å². The number of rotatable bonds is 7. The van der Waals surface area contributed by atoms with Crippen LogP contribution in [0.5, 0.6) is 0 Å². The quantitative estimate of drug-likeness (QED) is 0.158. The minimum atomic E-state index is -0.369. The highest BCUT2D eigenvalue weighted by Gasteiger charge is 2.54. The third-order valence-electron chi connectivity index (χ3n) is 18.2. The maximum Gasteiger partial charge on any atom is 0.162 e. The van der Waals surface area contributed by atoms with Gasteiger partial charge >= 0.3 is 0 Å². The van der Waals surface area contributed by atoms with Crippen LogP contribution >= 0.6 is 45.3 Å². The normalized spacial score (nSPS) is 13.7. The molecule has 6 nitrogen and oxygen atoms in total. The third-order valence-corrected chi connectivity index (χ3v) is 22.2. The molecule has 0 N–H and O–H groups in total. The van der Waals surface area contributed by atoms with Gasteiger partial charge in [-0.3, -0.25) is 4.90 Å². The molecular formula is C80H50N6S4. The molecule has 0 fully saturated rings. The summed E-state index contributed by atoms with van der Waals surface area (Å²) in [6, 6.07) is 99.3. The maximum atomic E-state index is 5.25. The van der Waals surface area contributed by atoms with E-state index in [0.717, 1.165) is 73.6 Å². The number of fused-ring (bicyclic) bond motifs is 18. The summed E-state index contributed by atoms with van der Waals surface area (Å²) in [4.78, 5) is 30.7. The molecule has 8 heterocycles. The second-order valence-corrected chi connectivity index (χ2v) is 26.5. The van der Waals surface area contributed by atoms with Crippen LogP contribution in [-0.4, -0.2) is 19.9 Å². The molecule has 2 aliphatic carbocycles. The fourth-order valence-electron chi connectivity index (χ4n) is 14.5. The van der Waals surface area contributed by atoms with Crippen molar-refractivity contribution in [3.05, 3.63) is 345 Å². The number of benzene rings is 9. The van der Waals surface area contributed by atoms with Crippen LogP contribution in [0.15, 0.2) is 301 Å². The zero-order valence-corrected chi connectivity index (χ0v) is 51.4. The van der Waals surface area contributed by atoms with Crippen LogP contribution in [0.4, 0.5) is 34.3 Å². The van der Waals surface area contributed by atoms with Crippen molar-refractivity contribution < 1.29 is 0 Å². The molecule has 0 radical (unpaired) electrons. The van der Waals surface area contributed by atoms with E-state index in [1.54, 1.807) is 0 Å². The lowest BCUT2D eigenvalue weighted by Crippen LogP contribution is -2.36. The van der Waals surface area contributed by atoms with E-state index in [1.807, 2.05) is 93.9 Å². The highest BCUT2D eigenvalue weighted by Crippen LogP contribution is 2.67. The van der Waals surface area contributed by atoms with E-state index in [1.165, 1.54) is 75.4 Å². The van der Waals surface area contributed by atoms with Crippen molar-refractivity contribution in [2.75, 3.05) is 9.80 Å². The average Bonchev–Trinajstić information content (AvgIpc) is 1.47. The fraction of sp³-hybridized carbons (Fsp3) is 0.0250. The van der Waals surface area contributed by atoms with Gasteiger partial charge in [0.15, 0.2) is 11.6 Å². The molecule has 6 aromatic heterocycles. The van der Waals surface area contributed by atoms with E-state index in [2.05, 4.69) is 262 Å². The van der Waals surface area contributed by atoms with Crippen molar-refractivity contribution in [2.24, 2.45) is 0 Å². The van der Waals surface area contributed by atoms with Gasteiger partial charge in [-0.15, -0.1) is 45.3 Å². The Balaban J connectivity index is 0.000000135. The predicted molar refractivity (Wildman–Crippen MR) is 374 cm³/mol. The molecule has 2 aliphatic heterocycles. The zero-order valence-electron chi connectivity index (χ0n) is 48.2. The van der Waals surface area contributed by atoms with E-state index in [0.29, 0.717) is 5.82 Å². The molecule has 4 aliphatic rings. The minimum Gasteiger partial charge on any atom is -0.310 e. The number of hydrogen-bond donors (Lipinski definition) is 0. The Bertz CT molecular complexity index is 4930.